The van der Waals surface area contributed by atoms with Gasteiger partial charge in [-0.2, -0.15) is 5.26 Å². The molecule has 0 unspecified atom stereocenters. The SMILES string of the molecule is CCCCCCCCOc1ccc(C)cc1C#N. The summed E-state index contributed by atoms with van der Waals surface area (Å²) in [5.74, 6) is 0.719. The molecule has 98 valence electrons. The third-order valence-electron chi connectivity index (χ3n) is 3.01. The van der Waals surface area contributed by atoms with Gasteiger partial charge in [0, 0.05) is 0 Å². The Balaban J connectivity index is 2.25. The first-order valence-electron chi connectivity index (χ1n) is 6.91. The first kappa shape index (κ1) is 14.6. The van der Waals surface area contributed by atoms with Gasteiger partial charge in [0.25, 0.3) is 0 Å². The fraction of sp³-hybridized carbons (Fsp3) is 0.562. The number of nitrogens with zero attached hydrogens (tertiary/aromatic N) is 1. The van der Waals surface area contributed by atoms with E-state index in [1.165, 1.54) is 32.1 Å². The number of benzene rings is 1. The zero-order valence-electron chi connectivity index (χ0n) is 11.5. The largest absolute Gasteiger partial charge is 0.492 e. The van der Waals surface area contributed by atoms with Crippen LogP contribution in [0.4, 0.5) is 0 Å². The summed E-state index contributed by atoms with van der Waals surface area (Å²) in [5, 5.41) is 9.01. The van der Waals surface area contributed by atoms with Crippen LogP contribution in [-0.4, -0.2) is 6.61 Å². The second kappa shape index (κ2) is 8.58. The van der Waals surface area contributed by atoms with Crippen LogP contribution < -0.4 is 4.74 Å². The van der Waals surface area contributed by atoms with Crippen molar-refractivity contribution in [3.8, 4) is 11.8 Å². The van der Waals surface area contributed by atoms with Crippen LogP contribution >= 0.6 is 0 Å². The van der Waals surface area contributed by atoms with Crippen LogP contribution in [0.15, 0.2) is 18.2 Å². The minimum atomic E-state index is 0.640. The Morgan fingerprint density at radius 1 is 1.11 bits per heavy atom. The van der Waals surface area contributed by atoms with E-state index >= 15 is 0 Å². The number of unbranched alkanes of at least 4 members (excludes halogenated alkanes) is 5. The molecule has 18 heavy (non-hydrogen) atoms. The van der Waals surface area contributed by atoms with Crippen molar-refractivity contribution in [2.45, 2.75) is 52.4 Å². The molecule has 2 heteroatoms. The van der Waals surface area contributed by atoms with Crippen molar-refractivity contribution >= 4 is 0 Å². The van der Waals surface area contributed by atoms with Gasteiger partial charge in [-0.05, 0) is 31.0 Å². The van der Waals surface area contributed by atoms with Crippen LogP contribution in [-0.2, 0) is 0 Å². The Hall–Kier alpha value is -1.49. The molecule has 0 aliphatic carbocycles. The highest BCUT2D eigenvalue weighted by atomic mass is 16.5. The standard InChI is InChI=1S/C16H23NO/c1-3-4-5-6-7-8-11-18-16-10-9-14(2)12-15(16)13-17/h9-10,12H,3-8,11H2,1-2H3. The highest BCUT2D eigenvalue weighted by molar-refractivity contribution is 5.45. The molecule has 0 saturated carbocycles. The van der Waals surface area contributed by atoms with Gasteiger partial charge in [-0.25, -0.2) is 0 Å². The predicted molar refractivity (Wildman–Crippen MR) is 74.8 cm³/mol. The van der Waals surface area contributed by atoms with E-state index in [1.807, 2.05) is 25.1 Å². The molecule has 2 nitrogen and oxygen atoms in total. The van der Waals surface area contributed by atoms with Gasteiger partial charge in [-0.15, -0.1) is 0 Å². The van der Waals surface area contributed by atoms with E-state index in [-0.39, 0.29) is 0 Å². The number of rotatable bonds is 8. The maximum absolute atomic E-state index is 9.01. The van der Waals surface area contributed by atoms with E-state index in [2.05, 4.69) is 13.0 Å². The number of nitriles is 1. The van der Waals surface area contributed by atoms with Gasteiger partial charge in [0.2, 0.25) is 0 Å². The van der Waals surface area contributed by atoms with Crippen LogP contribution in [0.3, 0.4) is 0 Å². The molecule has 1 rings (SSSR count). The predicted octanol–water partition coefficient (Wildman–Crippen LogP) is 4.61. The van der Waals surface area contributed by atoms with Gasteiger partial charge >= 0.3 is 0 Å². The minimum Gasteiger partial charge on any atom is -0.492 e. The first-order valence-corrected chi connectivity index (χ1v) is 6.91. The third-order valence-corrected chi connectivity index (χ3v) is 3.01. The average molecular weight is 245 g/mol. The number of hydrogen-bond acceptors (Lipinski definition) is 2. The van der Waals surface area contributed by atoms with Gasteiger partial charge in [0.1, 0.15) is 11.8 Å². The Morgan fingerprint density at radius 2 is 1.83 bits per heavy atom. The lowest BCUT2D eigenvalue weighted by atomic mass is 10.1. The Labute approximate surface area is 111 Å². The van der Waals surface area contributed by atoms with Crippen molar-refractivity contribution < 1.29 is 4.74 Å². The normalized spacial score (nSPS) is 10.1. The summed E-state index contributed by atoms with van der Waals surface area (Å²) in [6.07, 6.45) is 7.51. The molecule has 1 aromatic carbocycles. The summed E-state index contributed by atoms with van der Waals surface area (Å²) < 4.78 is 5.67. The molecule has 0 fully saturated rings. The molecule has 0 heterocycles. The van der Waals surface area contributed by atoms with Crippen LogP contribution in [0.1, 0.15) is 56.6 Å². The molecule has 0 aliphatic rings. The van der Waals surface area contributed by atoms with Crippen molar-refractivity contribution in [2.75, 3.05) is 6.61 Å². The van der Waals surface area contributed by atoms with Gasteiger partial charge in [-0.3, -0.25) is 0 Å². The number of aryl methyl sites for hydroxylation is 1. The fourth-order valence-corrected chi connectivity index (χ4v) is 1.92. The second-order valence-corrected chi connectivity index (χ2v) is 4.73. The first-order chi connectivity index (χ1) is 8.77. The van der Waals surface area contributed by atoms with Crippen LogP contribution in [0, 0.1) is 18.3 Å². The lowest BCUT2D eigenvalue weighted by Crippen LogP contribution is -1.99. The lowest BCUT2D eigenvalue weighted by molar-refractivity contribution is 0.303. The van der Waals surface area contributed by atoms with E-state index in [4.69, 9.17) is 10.00 Å². The summed E-state index contributed by atoms with van der Waals surface area (Å²) in [4.78, 5) is 0. The quantitative estimate of drug-likeness (QED) is 0.627. The van der Waals surface area contributed by atoms with Gasteiger partial charge in [-0.1, -0.05) is 45.1 Å². The average Bonchev–Trinajstić information content (AvgIpc) is 2.39. The van der Waals surface area contributed by atoms with Crippen LogP contribution in [0.5, 0.6) is 5.75 Å². The molecule has 0 saturated heterocycles. The van der Waals surface area contributed by atoms with Gasteiger partial charge in [0.05, 0.1) is 12.2 Å². The van der Waals surface area contributed by atoms with E-state index in [0.29, 0.717) is 12.2 Å². The van der Waals surface area contributed by atoms with Gasteiger partial charge < -0.3 is 4.74 Å². The van der Waals surface area contributed by atoms with E-state index in [0.717, 1.165) is 17.7 Å². The van der Waals surface area contributed by atoms with Crippen molar-refractivity contribution in [2.24, 2.45) is 0 Å². The summed E-state index contributed by atoms with van der Waals surface area (Å²) in [6, 6.07) is 7.93. The molecule has 0 N–H and O–H groups in total. The summed E-state index contributed by atoms with van der Waals surface area (Å²) in [5.41, 5.74) is 1.74. The third kappa shape index (κ3) is 5.23. The Bertz CT molecular complexity index is 393. The van der Waals surface area contributed by atoms with E-state index in [9.17, 15) is 0 Å². The molecule has 0 spiro atoms. The Morgan fingerprint density at radius 3 is 2.56 bits per heavy atom. The van der Waals surface area contributed by atoms with E-state index < -0.39 is 0 Å². The fourth-order valence-electron chi connectivity index (χ4n) is 1.92. The zero-order chi connectivity index (χ0) is 13.2. The van der Waals surface area contributed by atoms with Crippen molar-refractivity contribution in [3.63, 3.8) is 0 Å². The van der Waals surface area contributed by atoms with Crippen LogP contribution in [0.2, 0.25) is 0 Å². The topological polar surface area (TPSA) is 33.0 Å². The Kier molecular flexibility index (Phi) is 6.94. The molecule has 0 atom stereocenters. The number of hydrogen-bond donors (Lipinski definition) is 0. The second-order valence-electron chi connectivity index (χ2n) is 4.73. The molecule has 0 aliphatic heterocycles. The van der Waals surface area contributed by atoms with Crippen LogP contribution in [0.25, 0.3) is 0 Å². The number of ether oxygens (including phenoxy) is 1. The molecule has 0 radical (unpaired) electrons. The monoisotopic (exact) mass is 245 g/mol. The smallest absolute Gasteiger partial charge is 0.137 e. The summed E-state index contributed by atoms with van der Waals surface area (Å²) in [6.45, 7) is 4.92. The highest BCUT2D eigenvalue weighted by Crippen LogP contribution is 2.19. The van der Waals surface area contributed by atoms with Crippen molar-refractivity contribution in [1.82, 2.24) is 0 Å². The summed E-state index contributed by atoms with van der Waals surface area (Å²) >= 11 is 0. The molecule has 1 aromatic rings. The molecular weight excluding hydrogens is 222 g/mol. The molecular formula is C16H23NO. The minimum absolute atomic E-state index is 0.640. The van der Waals surface area contributed by atoms with Crippen molar-refractivity contribution in [3.05, 3.63) is 29.3 Å². The zero-order valence-corrected chi connectivity index (χ0v) is 11.5. The molecule has 0 bridgehead atoms. The van der Waals surface area contributed by atoms with E-state index in [1.54, 1.807) is 0 Å². The summed E-state index contributed by atoms with van der Waals surface area (Å²) in [7, 11) is 0. The van der Waals surface area contributed by atoms with Gasteiger partial charge in [0.15, 0.2) is 0 Å². The highest BCUT2D eigenvalue weighted by Gasteiger charge is 2.02. The van der Waals surface area contributed by atoms with Crippen molar-refractivity contribution in [1.29, 1.82) is 5.26 Å². The molecule has 0 aromatic heterocycles. The maximum atomic E-state index is 9.01. The lowest BCUT2D eigenvalue weighted by Gasteiger charge is -2.08. The molecule has 0 amide bonds. The maximum Gasteiger partial charge on any atom is 0.137 e.